The number of aryl methyl sites for hydroxylation is 1. The van der Waals surface area contributed by atoms with E-state index in [0.717, 1.165) is 5.56 Å². The van der Waals surface area contributed by atoms with Crippen LogP contribution in [0.1, 0.15) is 39.5 Å². The average molecular weight is 386 g/mol. The van der Waals surface area contributed by atoms with Crippen LogP contribution in [-0.4, -0.2) is 16.8 Å². The van der Waals surface area contributed by atoms with Gasteiger partial charge in [-0.05, 0) is 30.9 Å². The number of rotatable bonds is 6. The van der Waals surface area contributed by atoms with Crippen molar-refractivity contribution in [1.82, 2.24) is 10.3 Å². The fourth-order valence-electron chi connectivity index (χ4n) is 2.41. The molecule has 0 aliphatic carbocycles. The van der Waals surface area contributed by atoms with Crippen LogP contribution >= 0.6 is 22.7 Å². The summed E-state index contributed by atoms with van der Waals surface area (Å²) in [6.45, 7) is 3.99. The summed E-state index contributed by atoms with van der Waals surface area (Å²) in [5.74, 6) is -0.280. The van der Waals surface area contributed by atoms with Crippen molar-refractivity contribution >= 4 is 39.6 Å². The number of aromatic nitrogens is 1. The fraction of sp³-hybridized carbons (Fsp3) is 0.211. The second-order valence-electron chi connectivity index (χ2n) is 5.95. The number of carbonyl (C=O) groups is 2. The summed E-state index contributed by atoms with van der Waals surface area (Å²) in [6.07, 6.45) is 0.182. The maximum absolute atomic E-state index is 12.2. The van der Waals surface area contributed by atoms with Crippen LogP contribution in [0.3, 0.4) is 0 Å². The zero-order chi connectivity index (χ0) is 18.5. The van der Waals surface area contributed by atoms with Gasteiger partial charge in [0, 0.05) is 5.38 Å². The zero-order valence-corrected chi connectivity index (χ0v) is 16.1. The van der Waals surface area contributed by atoms with Gasteiger partial charge in [0.1, 0.15) is 0 Å². The van der Waals surface area contributed by atoms with Gasteiger partial charge in [-0.15, -0.1) is 22.7 Å². The van der Waals surface area contributed by atoms with E-state index in [0.29, 0.717) is 15.7 Å². The first-order chi connectivity index (χ1) is 12.5. The molecule has 3 aromatic rings. The molecule has 2 heterocycles. The minimum Gasteiger partial charge on any atom is -0.349 e. The number of nitrogens with zero attached hydrogens (tertiary/aromatic N) is 1. The van der Waals surface area contributed by atoms with Gasteiger partial charge in [-0.3, -0.25) is 14.9 Å². The predicted octanol–water partition coefficient (Wildman–Crippen LogP) is 4.19. The molecule has 0 spiro atoms. The normalized spacial score (nSPS) is 11.8. The Labute approximate surface area is 160 Å². The molecule has 2 N–H and O–H groups in total. The van der Waals surface area contributed by atoms with Crippen molar-refractivity contribution in [2.75, 3.05) is 5.32 Å². The molecular formula is C19H19N3O2S2. The molecule has 2 amide bonds. The van der Waals surface area contributed by atoms with E-state index < -0.39 is 0 Å². The Morgan fingerprint density at radius 3 is 2.62 bits per heavy atom. The van der Waals surface area contributed by atoms with E-state index >= 15 is 0 Å². The standard InChI is InChI=1S/C19H19N3O2S2/c1-12-5-7-14(8-6-12)13(2)20-17(23)10-15-11-26-19(21-15)22-18(24)16-4-3-9-25-16/h3-9,11,13H,10H2,1-2H3,(H,20,23)(H,21,22,24). The lowest BCUT2D eigenvalue weighted by Crippen LogP contribution is -2.28. The van der Waals surface area contributed by atoms with Gasteiger partial charge in [-0.2, -0.15) is 0 Å². The molecule has 1 unspecified atom stereocenters. The van der Waals surface area contributed by atoms with Gasteiger partial charge in [0.15, 0.2) is 5.13 Å². The van der Waals surface area contributed by atoms with E-state index in [9.17, 15) is 9.59 Å². The molecule has 0 bridgehead atoms. The molecule has 1 atom stereocenters. The number of carbonyl (C=O) groups excluding carboxylic acids is 2. The highest BCUT2D eigenvalue weighted by Gasteiger charge is 2.14. The van der Waals surface area contributed by atoms with E-state index in [4.69, 9.17) is 0 Å². The van der Waals surface area contributed by atoms with Crippen molar-refractivity contribution in [1.29, 1.82) is 0 Å². The Kier molecular flexibility index (Phi) is 5.80. The van der Waals surface area contributed by atoms with Gasteiger partial charge in [0.2, 0.25) is 5.91 Å². The summed E-state index contributed by atoms with van der Waals surface area (Å²) in [4.78, 5) is 29.2. The monoisotopic (exact) mass is 385 g/mol. The number of thiazole rings is 1. The Morgan fingerprint density at radius 1 is 1.15 bits per heavy atom. The van der Waals surface area contributed by atoms with Crippen LogP contribution in [-0.2, 0) is 11.2 Å². The van der Waals surface area contributed by atoms with Crippen LogP contribution in [0.25, 0.3) is 0 Å². The zero-order valence-electron chi connectivity index (χ0n) is 14.5. The molecule has 0 aliphatic rings. The van der Waals surface area contributed by atoms with Crippen molar-refractivity contribution in [3.63, 3.8) is 0 Å². The largest absolute Gasteiger partial charge is 0.349 e. The first-order valence-electron chi connectivity index (χ1n) is 8.16. The number of nitrogens with one attached hydrogen (secondary N) is 2. The van der Waals surface area contributed by atoms with Gasteiger partial charge in [0.05, 0.1) is 23.0 Å². The van der Waals surface area contributed by atoms with Gasteiger partial charge in [-0.1, -0.05) is 35.9 Å². The number of anilines is 1. The lowest BCUT2D eigenvalue weighted by Gasteiger charge is -2.14. The molecule has 3 rings (SSSR count). The Bertz CT molecular complexity index is 886. The third kappa shape index (κ3) is 4.77. The first kappa shape index (κ1) is 18.3. The molecule has 0 radical (unpaired) electrons. The van der Waals surface area contributed by atoms with Gasteiger partial charge in [-0.25, -0.2) is 4.98 Å². The van der Waals surface area contributed by atoms with Crippen molar-refractivity contribution < 1.29 is 9.59 Å². The van der Waals surface area contributed by atoms with E-state index in [1.165, 1.54) is 28.2 Å². The quantitative estimate of drug-likeness (QED) is 0.668. The molecule has 1 aromatic carbocycles. The summed E-state index contributed by atoms with van der Waals surface area (Å²) in [5, 5.41) is 9.87. The van der Waals surface area contributed by atoms with Gasteiger partial charge in [0.25, 0.3) is 5.91 Å². The third-order valence-corrected chi connectivity index (χ3v) is 5.49. The molecule has 2 aromatic heterocycles. The molecule has 0 saturated heterocycles. The molecule has 0 fully saturated rings. The van der Waals surface area contributed by atoms with Gasteiger partial charge < -0.3 is 5.32 Å². The Balaban J connectivity index is 1.54. The van der Waals surface area contributed by atoms with Crippen LogP contribution in [0, 0.1) is 6.92 Å². The second-order valence-corrected chi connectivity index (χ2v) is 7.76. The summed E-state index contributed by atoms with van der Waals surface area (Å²) >= 11 is 2.69. The molecule has 26 heavy (non-hydrogen) atoms. The highest BCUT2D eigenvalue weighted by atomic mass is 32.1. The summed E-state index contributed by atoms with van der Waals surface area (Å²) in [5.41, 5.74) is 2.89. The Hall–Kier alpha value is -2.51. The van der Waals surface area contributed by atoms with Crippen molar-refractivity contribution in [2.45, 2.75) is 26.3 Å². The van der Waals surface area contributed by atoms with E-state index in [2.05, 4.69) is 15.6 Å². The first-order valence-corrected chi connectivity index (χ1v) is 9.92. The lowest BCUT2D eigenvalue weighted by molar-refractivity contribution is -0.121. The maximum Gasteiger partial charge on any atom is 0.267 e. The third-order valence-electron chi connectivity index (χ3n) is 3.81. The number of hydrogen-bond donors (Lipinski definition) is 2. The van der Waals surface area contributed by atoms with Crippen molar-refractivity contribution in [3.8, 4) is 0 Å². The van der Waals surface area contributed by atoms with Crippen LogP contribution in [0.4, 0.5) is 5.13 Å². The van der Waals surface area contributed by atoms with E-state index in [1.807, 2.05) is 49.6 Å². The number of benzene rings is 1. The summed E-state index contributed by atoms with van der Waals surface area (Å²) in [7, 11) is 0. The number of amides is 2. The lowest BCUT2D eigenvalue weighted by atomic mass is 10.1. The van der Waals surface area contributed by atoms with E-state index in [1.54, 1.807) is 11.4 Å². The number of thiophene rings is 1. The predicted molar refractivity (Wildman–Crippen MR) is 106 cm³/mol. The van der Waals surface area contributed by atoms with Crippen LogP contribution in [0.15, 0.2) is 47.2 Å². The van der Waals surface area contributed by atoms with Crippen LogP contribution in [0.2, 0.25) is 0 Å². The van der Waals surface area contributed by atoms with Crippen molar-refractivity contribution in [3.05, 3.63) is 68.9 Å². The smallest absolute Gasteiger partial charge is 0.267 e. The molecule has 5 nitrogen and oxygen atoms in total. The van der Waals surface area contributed by atoms with Gasteiger partial charge >= 0.3 is 0 Å². The Morgan fingerprint density at radius 2 is 1.92 bits per heavy atom. The van der Waals surface area contributed by atoms with E-state index in [-0.39, 0.29) is 24.3 Å². The minimum atomic E-state index is -0.182. The minimum absolute atomic E-state index is 0.0697. The SMILES string of the molecule is Cc1ccc(C(C)NC(=O)Cc2csc(NC(=O)c3cccs3)n2)cc1. The average Bonchev–Trinajstić information content (AvgIpc) is 3.27. The van der Waals surface area contributed by atoms with Crippen LogP contribution in [0.5, 0.6) is 0 Å². The maximum atomic E-state index is 12.2. The fourth-order valence-corrected chi connectivity index (χ4v) is 3.73. The summed E-state index contributed by atoms with van der Waals surface area (Å²) in [6, 6.07) is 11.6. The topological polar surface area (TPSA) is 71.1 Å². The van der Waals surface area contributed by atoms with Crippen molar-refractivity contribution in [2.24, 2.45) is 0 Å². The second kappa shape index (κ2) is 8.25. The highest BCUT2D eigenvalue weighted by molar-refractivity contribution is 7.14. The van der Waals surface area contributed by atoms with Crippen LogP contribution < -0.4 is 10.6 Å². The highest BCUT2D eigenvalue weighted by Crippen LogP contribution is 2.19. The number of hydrogen-bond acceptors (Lipinski definition) is 5. The molecule has 0 aliphatic heterocycles. The molecule has 7 heteroatoms. The summed E-state index contributed by atoms with van der Waals surface area (Å²) < 4.78 is 0. The molecule has 134 valence electrons. The molecule has 0 saturated carbocycles. The molecular weight excluding hydrogens is 366 g/mol.